The number of carbonyl (C=O) groups is 1. The third-order valence-electron chi connectivity index (χ3n) is 4.97. The Balaban J connectivity index is 1.35. The van der Waals surface area contributed by atoms with Crippen LogP contribution in [0, 0.1) is 0 Å². The smallest absolute Gasteiger partial charge is 0.277 e. The van der Waals surface area contributed by atoms with Crippen molar-refractivity contribution in [2.75, 3.05) is 5.75 Å². The topological polar surface area (TPSA) is 68.9 Å². The number of hydrogen-bond donors (Lipinski definition) is 0. The Labute approximate surface area is 162 Å². The first-order valence-electron chi connectivity index (χ1n) is 9.29. The minimum Gasteiger partial charge on any atom is -0.411 e. The zero-order valence-electron chi connectivity index (χ0n) is 15.0. The molecule has 0 N–H and O–H groups in total. The van der Waals surface area contributed by atoms with Gasteiger partial charge in [0.1, 0.15) is 0 Å². The highest BCUT2D eigenvalue weighted by molar-refractivity contribution is 7.99. The Morgan fingerprint density at radius 3 is 2.48 bits per heavy atom. The van der Waals surface area contributed by atoms with E-state index in [0.717, 1.165) is 11.1 Å². The summed E-state index contributed by atoms with van der Waals surface area (Å²) < 4.78 is 5.62. The van der Waals surface area contributed by atoms with E-state index in [1.165, 1.54) is 49.4 Å². The van der Waals surface area contributed by atoms with Gasteiger partial charge in [-0.2, -0.15) is 0 Å². The second-order valence-electron chi connectivity index (χ2n) is 6.78. The highest BCUT2D eigenvalue weighted by Gasteiger charge is 2.16. The van der Waals surface area contributed by atoms with Crippen LogP contribution in [-0.2, 0) is 0 Å². The van der Waals surface area contributed by atoms with Gasteiger partial charge < -0.3 is 4.42 Å². The van der Waals surface area contributed by atoms with E-state index in [9.17, 15) is 4.79 Å². The number of ketones is 1. The highest BCUT2D eigenvalue weighted by atomic mass is 32.2. The van der Waals surface area contributed by atoms with Gasteiger partial charge >= 0.3 is 0 Å². The standard InChI is InChI=1S/C21H21N3O2S/c25-19(17-8-6-16(7-9-17)15-4-2-1-3-5-15)14-27-21-24-23-20(26-21)18-10-12-22-13-11-18/h6-13,15H,1-5,14H2. The van der Waals surface area contributed by atoms with Crippen LogP contribution < -0.4 is 0 Å². The van der Waals surface area contributed by atoms with E-state index in [0.29, 0.717) is 17.0 Å². The SMILES string of the molecule is O=C(CSc1nnc(-c2ccncc2)o1)c1ccc(C2CCCCC2)cc1. The molecular weight excluding hydrogens is 358 g/mol. The van der Waals surface area contributed by atoms with Crippen molar-refractivity contribution in [3.8, 4) is 11.5 Å². The lowest BCUT2D eigenvalue weighted by Gasteiger charge is -2.22. The quantitative estimate of drug-likeness (QED) is 0.435. The van der Waals surface area contributed by atoms with Crippen molar-refractivity contribution >= 4 is 17.5 Å². The number of aromatic nitrogens is 3. The van der Waals surface area contributed by atoms with Crippen molar-refractivity contribution in [2.24, 2.45) is 0 Å². The summed E-state index contributed by atoms with van der Waals surface area (Å²) in [5.41, 5.74) is 2.91. The fourth-order valence-electron chi connectivity index (χ4n) is 3.47. The van der Waals surface area contributed by atoms with Crippen LogP contribution in [0.1, 0.15) is 53.9 Å². The predicted octanol–water partition coefficient (Wildman–Crippen LogP) is 5.15. The summed E-state index contributed by atoms with van der Waals surface area (Å²) in [5, 5.41) is 8.43. The number of benzene rings is 1. The van der Waals surface area contributed by atoms with E-state index < -0.39 is 0 Å². The van der Waals surface area contributed by atoms with Gasteiger partial charge in [0.2, 0.25) is 5.89 Å². The summed E-state index contributed by atoms with van der Waals surface area (Å²) in [6, 6.07) is 11.7. The number of nitrogens with zero attached hydrogens (tertiary/aromatic N) is 3. The summed E-state index contributed by atoms with van der Waals surface area (Å²) in [6.45, 7) is 0. The van der Waals surface area contributed by atoms with E-state index in [2.05, 4.69) is 27.3 Å². The van der Waals surface area contributed by atoms with E-state index in [4.69, 9.17) is 4.42 Å². The molecule has 0 spiro atoms. The van der Waals surface area contributed by atoms with Crippen LogP contribution in [-0.4, -0.2) is 26.7 Å². The summed E-state index contributed by atoms with van der Waals surface area (Å²) in [4.78, 5) is 16.4. The van der Waals surface area contributed by atoms with Crippen molar-refractivity contribution in [2.45, 2.75) is 43.2 Å². The molecule has 1 aliphatic rings. The monoisotopic (exact) mass is 379 g/mol. The lowest BCUT2D eigenvalue weighted by molar-refractivity contribution is 0.102. The summed E-state index contributed by atoms with van der Waals surface area (Å²) in [7, 11) is 0. The van der Waals surface area contributed by atoms with Gasteiger partial charge in [-0.05, 0) is 36.5 Å². The first-order chi connectivity index (χ1) is 13.3. The zero-order valence-corrected chi connectivity index (χ0v) is 15.8. The minimum atomic E-state index is 0.0684. The average molecular weight is 379 g/mol. The fraction of sp³-hybridized carbons (Fsp3) is 0.333. The van der Waals surface area contributed by atoms with Crippen LogP contribution >= 0.6 is 11.8 Å². The summed E-state index contributed by atoms with van der Waals surface area (Å²) in [6.07, 6.45) is 9.85. The van der Waals surface area contributed by atoms with E-state index in [-0.39, 0.29) is 11.5 Å². The maximum absolute atomic E-state index is 12.5. The molecule has 0 bridgehead atoms. The van der Waals surface area contributed by atoms with Crippen molar-refractivity contribution in [1.82, 2.24) is 15.2 Å². The lowest BCUT2D eigenvalue weighted by atomic mass is 9.84. The molecule has 1 aliphatic carbocycles. The molecule has 138 valence electrons. The predicted molar refractivity (Wildman–Crippen MR) is 105 cm³/mol. The zero-order chi connectivity index (χ0) is 18.5. The van der Waals surface area contributed by atoms with Gasteiger partial charge in [0.15, 0.2) is 5.78 Å². The molecule has 2 heterocycles. The summed E-state index contributed by atoms with van der Waals surface area (Å²) >= 11 is 1.27. The normalized spacial score (nSPS) is 15.0. The number of carbonyl (C=O) groups excluding carboxylic acids is 1. The molecule has 0 amide bonds. The number of rotatable bonds is 6. The van der Waals surface area contributed by atoms with Crippen molar-refractivity contribution in [1.29, 1.82) is 0 Å². The van der Waals surface area contributed by atoms with Crippen LogP contribution in [0.4, 0.5) is 0 Å². The first kappa shape index (κ1) is 17.9. The van der Waals surface area contributed by atoms with Gasteiger partial charge in [-0.1, -0.05) is 55.3 Å². The molecule has 1 fully saturated rings. The number of pyridine rings is 1. The fourth-order valence-corrected chi connectivity index (χ4v) is 4.12. The molecule has 1 saturated carbocycles. The van der Waals surface area contributed by atoms with Crippen LogP contribution in [0.25, 0.3) is 11.5 Å². The molecule has 0 aliphatic heterocycles. The Morgan fingerprint density at radius 1 is 1.00 bits per heavy atom. The molecule has 0 radical (unpaired) electrons. The van der Waals surface area contributed by atoms with Crippen LogP contribution in [0.5, 0.6) is 0 Å². The molecule has 0 unspecified atom stereocenters. The molecule has 5 nitrogen and oxygen atoms in total. The second-order valence-corrected chi connectivity index (χ2v) is 7.70. The Bertz CT molecular complexity index is 887. The van der Waals surface area contributed by atoms with Gasteiger partial charge in [-0.3, -0.25) is 9.78 Å². The molecule has 0 atom stereocenters. The summed E-state index contributed by atoms with van der Waals surface area (Å²) in [5.74, 6) is 1.44. The molecular formula is C21H21N3O2S. The lowest BCUT2D eigenvalue weighted by Crippen LogP contribution is -2.06. The molecule has 0 saturated heterocycles. The van der Waals surface area contributed by atoms with E-state index in [1.807, 2.05) is 12.1 Å². The van der Waals surface area contributed by atoms with E-state index >= 15 is 0 Å². The maximum atomic E-state index is 12.5. The largest absolute Gasteiger partial charge is 0.411 e. The third-order valence-corrected chi connectivity index (χ3v) is 5.79. The van der Waals surface area contributed by atoms with Crippen LogP contribution in [0.15, 0.2) is 58.4 Å². The molecule has 1 aromatic carbocycles. The molecule has 27 heavy (non-hydrogen) atoms. The van der Waals surface area contributed by atoms with Crippen LogP contribution in [0.2, 0.25) is 0 Å². The van der Waals surface area contributed by atoms with Gasteiger partial charge in [0.05, 0.1) is 5.75 Å². The minimum absolute atomic E-state index is 0.0684. The molecule has 4 rings (SSSR count). The second kappa shape index (κ2) is 8.48. The van der Waals surface area contributed by atoms with Gasteiger partial charge in [-0.15, -0.1) is 10.2 Å². The van der Waals surface area contributed by atoms with Gasteiger partial charge in [0.25, 0.3) is 5.22 Å². The van der Waals surface area contributed by atoms with Crippen molar-refractivity contribution in [3.05, 3.63) is 59.9 Å². The Hall–Kier alpha value is -2.47. The number of thioether (sulfide) groups is 1. The van der Waals surface area contributed by atoms with Gasteiger partial charge in [0, 0.05) is 23.5 Å². The average Bonchev–Trinajstić information content (AvgIpc) is 3.22. The van der Waals surface area contributed by atoms with Crippen molar-refractivity contribution in [3.63, 3.8) is 0 Å². The number of hydrogen-bond acceptors (Lipinski definition) is 6. The van der Waals surface area contributed by atoms with Gasteiger partial charge in [-0.25, -0.2) is 0 Å². The van der Waals surface area contributed by atoms with Crippen molar-refractivity contribution < 1.29 is 9.21 Å². The molecule has 3 aromatic rings. The maximum Gasteiger partial charge on any atom is 0.277 e. The number of Topliss-reactive ketones (excluding diaryl/α,β-unsaturated/α-hetero) is 1. The molecule has 2 aromatic heterocycles. The third kappa shape index (κ3) is 4.45. The Kier molecular flexibility index (Phi) is 5.63. The van der Waals surface area contributed by atoms with E-state index in [1.54, 1.807) is 24.5 Å². The molecule has 6 heteroatoms. The van der Waals surface area contributed by atoms with Crippen LogP contribution in [0.3, 0.4) is 0 Å². The first-order valence-corrected chi connectivity index (χ1v) is 10.3. The highest BCUT2D eigenvalue weighted by Crippen LogP contribution is 2.32. The Morgan fingerprint density at radius 2 is 1.74 bits per heavy atom.